The van der Waals surface area contributed by atoms with Crippen molar-refractivity contribution in [2.24, 2.45) is 0 Å². The Bertz CT molecular complexity index is 1220. The number of rotatable bonds is 9. The van der Waals surface area contributed by atoms with Gasteiger partial charge in [-0.3, -0.25) is 9.59 Å². The van der Waals surface area contributed by atoms with E-state index in [0.29, 0.717) is 24.3 Å². The van der Waals surface area contributed by atoms with Gasteiger partial charge in [-0.15, -0.1) is 0 Å². The van der Waals surface area contributed by atoms with Gasteiger partial charge in [-0.2, -0.15) is 0 Å². The first kappa shape index (κ1) is 24.2. The summed E-state index contributed by atoms with van der Waals surface area (Å²) in [6.45, 7) is 5.13. The van der Waals surface area contributed by atoms with Crippen LogP contribution in [0, 0.1) is 0 Å². The molecule has 0 aliphatic carbocycles. The van der Waals surface area contributed by atoms with Crippen LogP contribution in [-0.4, -0.2) is 38.2 Å². The van der Waals surface area contributed by atoms with Gasteiger partial charge in [-0.05, 0) is 55.8 Å². The van der Waals surface area contributed by atoms with Crippen molar-refractivity contribution < 1.29 is 18.0 Å². The molecule has 0 spiro atoms. The number of amides is 2. The summed E-state index contributed by atoms with van der Waals surface area (Å²) >= 11 is 0. The minimum atomic E-state index is -3.80. The summed E-state index contributed by atoms with van der Waals surface area (Å²) in [6, 6.07) is 21.7. The van der Waals surface area contributed by atoms with Crippen molar-refractivity contribution >= 4 is 27.5 Å². The Kier molecular flexibility index (Phi) is 7.97. The number of nitrogens with one attached hydrogen (secondary N) is 2. The number of anilines is 1. The van der Waals surface area contributed by atoms with E-state index in [1.807, 2.05) is 44.2 Å². The molecule has 172 valence electrons. The zero-order valence-corrected chi connectivity index (χ0v) is 19.4. The van der Waals surface area contributed by atoms with Crippen molar-refractivity contribution in [1.29, 1.82) is 0 Å². The van der Waals surface area contributed by atoms with Crippen LogP contribution in [0.2, 0.25) is 0 Å². The highest BCUT2D eigenvalue weighted by atomic mass is 32.2. The first-order valence-corrected chi connectivity index (χ1v) is 12.2. The van der Waals surface area contributed by atoms with Crippen LogP contribution >= 0.6 is 0 Å². The first-order chi connectivity index (χ1) is 15.8. The number of hydrogen-bond acceptors (Lipinski definition) is 4. The number of carbonyl (C=O) groups is 2. The Morgan fingerprint density at radius 3 is 2.18 bits per heavy atom. The molecule has 0 heterocycles. The maximum absolute atomic E-state index is 12.8. The lowest BCUT2D eigenvalue weighted by Gasteiger charge is -2.19. The second-order valence-electron chi connectivity index (χ2n) is 7.35. The number of benzene rings is 3. The van der Waals surface area contributed by atoms with Crippen molar-refractivity contribution in [2.75, 3.05) is 18.4 Å². The molecule has 0 saturated carbocycles. The molecule has 2 N–H and O–H groups in total. The summed E-state index contributed by atoms with van der Waals surface area (Å²) in [5.41, 5.74) is 1.94. The van der Waals surface area contributed by atoms with Crippen molar-refractivity contribution in [3.05, 3.63) is 95.6 Å². The Balaban J connectivity index is 1.73. The van der Waals surface area contributed by atoms with Crippen LogP contribution in [0.15, 0.2) is 83.8 Å². The van der Waals surface area contributed by atoms with E-state index in [-0.39, 0.29) is 22.9 Å². The third kappa shape index (κ3) is 6.27. The van der Waals surface area contributed by atoms with Gasteiger partial charge in [0.2, 0.25) is 10.0 Å². The van der Waals surface area contributed by atoms with Crippen molar-refractivity contribution in [2.45, 2.75) is 25.3 Å². The predicted octanol–water partition coefficient (Wildman–Crippen LogP) is 3.90. The molecule has 0 aliphatic rings. The molecule has 0 saturated heterocycles. The summed E-state index contributed by atoms with van der Waals surface area (Å²) in [7, 11) is -3.80. The second kappa shape index (κ2) is 10.9. The molecule has 0 bridgehead atoms. The van der Waals surface area contributed by atoms with Crippen LogP contribution in [0.3, 0.4) is 0 Å². The Hall–Kier alpha value is -3.49. The van der Waals surface area contributed by atoms with Gasteiger partial charge in [0, 0.05) is 36.4 Å². The summed E-state index contributed by atoms with van der Waals surface area (Å²) in [4.78, 5) is 27.0. The van der Waals surface area contributed by atoms with Crippen LogP contribution in [0.1, 0.15) is 40.1 Å². The van der Waals surface area contributed by atoms with E-state index in [1.165, 1.54) is 24.3 Å². The van der Waals surface area contributed by atoms with Gasteiger partial charge in [-0.25, -0.2) is 13.1 Å². The zero-order chi connectivity index (χ0) is 23.8. The van der Waals surface area contributed by atoms with E-state index in [1.54, 1.807) is 29.2 Å². The highest BCUT2D eigenvalue weighted by Crippen LogP contribution is 2.17. The van der Waals surface area contributed by atoms with Gasteiger partial charge < -0.3 is 10.2 Å². The van der Waals surface area contributed by atoms with Gasteiger partial charge in [0.1, 0.15) is 0 Å². The molecule has 2 amide bonds. The Labute approximate surface area is 194 Å². The third-order valence-electron chi connectivity index (χ3n) is 5.13. The third-order valence-corrected chi connectivity index (χ3v) is 6.53. The number of nitrogens with zero attached hydrogens (tertiary/aromatic N) is 1. The molecular formula is C25H27N3O4S. The first-order valence-electron chi connectivity index (χ1n) is 10.7. The fourth-order valence-corrected chi connectivity index (χ4v) is 4.35. The number of hydrogen-bond donors (Lipinski definition) is 2. The van der Waals surface area contributed by atoms with Crippen molar-refractivity contribution in [3.8, 4) is 0 Å². The number of carbonyl (C=O) groups excluding carboxylic acids is 2. The van der Waals surface area contributed by atoms with E-state index in [2.05, 4.69) is 10.0 Å². The van der Waals surface area contributed by atoms with Crippen LogP contribution in [0.4, 0.5) is 5.69 Å². The lowest BCUT2D eigenvalue weighted by Crippen LogP contribution is -2.30. The summed E-state index contributed by atoms with van der Waals surface area (Å²) in [6.07, 6.45) is 0. The molecule has 3 aromatic carbocycles. The fraction of sp³-hybridized carbons (Fsp3) is 0.200. The molecule has 7 nitrogen and oxygen atoms in total. The lowest BCUT2D eigenvalue weighted by atomic mass is 10.1. The Morgan fingerprint density at radius 1 is 0.818 bits per heavy atom. The number of sulfonamides is 1. The molecular weight excluding hydrogens is 438 g/mol. The second-order valence-corrected chi connectivity index (χ2v) is 9.12. The average Bonchev–Trinajstić information content (AvgIpc) is 2.84. The molecule has 33 heavy (non-hydrogen) atoms. The van der Waals surface area contributed by atoms with Crippen LogP contribution in [0.25, 0.3) is 0 Å². The zero-order valence-electron chi connectivity index (χ0n) is 18.6. The highest BCUT2D eigenvalue weighted by Gasteiger charge is 2.17. The van der Waals surface area contributed by atoms with Crippen molar-refractivity contribution in [3.63, 3.8) is 0 Å². The van der Waals surface area contributed by atoms with E-state index in [9.17, 15) is 18.0 Å². The van der Waals surface area contributed by atoms with Gasteiger partial charge in [-0.1, -0.05) is 42.5 Å². The average molecular weight is 466 g/mol. The van der Waals surface area contributed by atoms with Crippen molar-refractivity contribution in [1.82, 2.24) is 9.62 Å². The monoisotopic (exact) mass is 465 g/mol. The van der Waals surface area contributed by atoms with E-state index < -0.39 is 15.9 Å². The van der Waals surface area contributed by atoms with Gasteiger partial charge in [0.25, 0.3) is 11.8 Å². The van der Waals surface area contributed by atoms with Crippen LogP contribution < -0.4 is 10.0 Å². The van der Waals surface area contributed by atoms with E-state index >= 15 is 0 Å². The SMILES string of the molecule is CCN(CC)C(=O)c1cccc(NC(=O)c2cccc(S(=O)(=O)NCc3ccccc3)c2)c1. The summed E-state index contributed by atoms with van der Waals surface area (Å²) in [5.74, 6) is -0.587. The molecule has 3 rings (SSSR count). The minimum absolute atomic E-state index is 0.00320. The van der Waals surface area contributed by atoms with Gasteiger partial charge in [0.15, 0.2) is 0 Å². The molecule has 0 aromatic heterocycles. The van der Waals surface area contributed by atoms with Crippen LogP contribution in [-0.2, 0) is 16.6 Å². The summed E-state index contributed by atoms with van der Waals surface area (Å²) < 4.78 is 27.9. The van der Waals surface area contributed by atoms with Gasteiger partial charge in [0.05, 0.1) is 4.90 Å². The van der Waals surface area contributed by atoms with Crippen LogP contribution in [0.5, 0.6) is 0 Å². The molecule has 0 atom stereocenters. The molecule has 0 unspecified atom stereocenters. The maximum atomic E-state index is 12.8. The molecule has 8 heteroatoms. The largest absolute Gasteiger partial charge is 0.339 e. The highest BCUT2D eigenvalue weighted by molar-refractivity contribution is 7.89. The lowest BCUT2D eigenvalue weighted by molar-refractivity contribution is 0.0772. The smallest absolute Gasteiger partial charge is 0.255 e. The molecule has 3 aromatic rings. The molecule has 0 radical (unpaired) electrons. The predicted molar refractivity (Wildman–Crippen MR) is 129 cm³/mol. The molecule has 0 aliphatic heterocycles. The quantitative estimate of drug-likeness (QED) is 0.501. The van der Waals surface area contributed by atoms with E-state index in [0.717, 1.165) is 5.56 Å². The normalized spacial score (nSPS) is 11.1. The molecule has 0 fully saturated rings. The standard InChI is InChI=1S/C25H27N3O4S/c1-3-28(4-2)25(30)21-13-8-14-22(16-21)27-24(29)20-12-9-15-23(17-20)33(31,32)26-18-19-10-6-5-7-11-19/h5-17,26H,3-4,18H2,1-2H3,(H,27,29). The van der Waals surface area contributed by atoms with Gasteiger partial charge >= 0.3 is 0 Å². The van der Waals surface area contributed by atoms with E-state index in [4.69, 9.17) is 0 Å². The summed E-state index contributed by atoms with van der Waals surface area (Å²) in [5, 5.41) is 2.74. The Morgan fingerprint density at radius 2 is 1.48 bits per heavy atom. The topological polar surface area (TPSA) is 95.6 Å². The maximum Gasteiger partial charge on any atom is 0.255 e. The minimum Gasteiger partial charge on any atom is -0.339 e. The fourth-order valence-electron chi connectivity index (χ4n) is 3.29.